The highest BCUT2D eigenvalue weighted by molar-refractivity contribution is 5.73. The summed E-state index contributed by atoms with van der Waals surface area (Å²) in [4.78, 5) is 13.2. The molecule has 5 nitrogen and oxygen atoms in total. The molecule has 0 aliphatic carbocycles. The summed E-state index contributed by atoms with van der Waals surface area (Å²) >= 11 is 0. The van der Waals surface area contributed by atoms with Gasteiger partial charge in [-0.25, -0.2) is 0 Å². The van der Waals surface area contributed by atoms with Crippen molar-refractivity contribution < 1.29 is 9.90 Å². The van der Waals surface area contributed by atoms with Crippen molar-refractivity contribution in [1.82, 2.24) is 0 Å². The van der Waals surface area contributed by atoms with Crippen molar-refractivity contribution in [1.29, 1.82) is 0 Å². The summed E-state index contributed by atoms with van der Waals surface area (Å²) in [6.45, 7) is 0. The second kappa shape index (κ2) is 7.30. The molecule has 90 valence electrons. The maximum absolute atomic E-state index is 10.7. The average Bonchev–Trinajstić information content (AvgIpc) is 2.34. The molecule has 0 heterocycles. The number of carbonyl (C=O) groups is 1. The Bertz CT molecular complexity index is 397. The topological polar surface area (TPSA) is 86.1 Å². The summed E-state index contributed by atoms with van der Waals surface area (Å²) < 4.78 is 0. The molecule has 1 aromatic carbocycles. The number of aryl methyl sites for hydroxylation is 1. The lowest BCUT2D eigenvalue weighted by atomic mass is 10.0. The van der Waals surface area contributed by atoms with Crippen LogP contribution >= 0.6 is 0 Å². The van der Waals surface area contributed by atoms with Crippen LogP contribution in [-0.4, -0.2) is 17.1 Å². The molecule has 1 N–H and O–H groups in total. The zero-order valence-electron chi connectivity index (χ0n) is 9.49. The quantitative estimate of drug-likeness (QED) is 0.339. The molecule has 1 unspecified atom stereocenters. The molecule has 0 spiro atoms. The molecule has 1 aromatic rings. The van der Waals surface area contributed by atoms with E-state index in [2.05, 4.69) is 10.0 Å². The number of hydrogen-bond donors (Lipinski definition) is 1. The first-order valence-electron chi connectivity index (χ1n) is 5.55. The largest absolute Gasteiger partial charge is 0.481 e. The molecule has 0 aliphatic heterocycles. The highest BCUT2D eigenvalue weighted by atomic mass is 16.4. The molecule has 0 aliphatic rings. The third-order valence-corrected chi connectivity index (χ3v) is 2.51. The van der Waals surface area contributed by atoms with E-state index in [1.54, 1.807) is 0 Å². The molecule has 0 amide bonds. The normalized spacial score (nSPS) is 11.5. The van der Waals surface area contributed by atoms with Crippen LogP contribution in [0.2, 0.25) is 0 Å². The molecular formula is C12H15N3O2. The maximum Gasteiger partial charge on any atom is 0.312 e. The van der Waals surface area contributed by atoms with Crippen LogP contribution in [0.25, 0.3) is 10.4 Å². The van der Waals surface area contributed by atoms with Gasteiger partial charge in [-0.3, -0.25) is 4.79 Å². The van der Waals surface area contributed by atoms with E-state index in [4.69, 9.17) is 10.6 Å². The minimum absolute atomic E-state index is 0.395. The van der Waals surface area contributed by atoms with Gasteiger partial charge in [-0.1, -0.05) is 41.9 Å². The Kier molecular flexibility index (Phi) is 5.61. The summed E-state index contributed by atoms with van der Waals surface area (Å²) in [6.07, 6.45) is 2.95. The Balaban J connectivity index is 2.28. The van der Waals surface area contributed by atoms with Crippen molar-refractivity contribution in [3.05, 3.63) is 46.3 Å². The lowest BCUT2D eigenvalue weighted by molar-refractivity contribution is -0.138. The first-order chi connectivity index (χ1) is 8.24. The number of carboxylic acids is 1. The van der Waals surface area contributed by atoms with Gasteiger partial charge in [0.25, 0.3) is 0 Å². The standard InChI is InChI=1S/C12H15N3O2/c13-15-14-11(12(16)17)9-5-4-8-10-6-2-1-3-7-10/h1-3,6-7,11H,4-5,8-9H2,(H,16,17). The van der Waals surface area contributed by atoms with Crippen molar-refractivity contribution in [3.8, 4) is 0 Å². The number of unbranched alkanes of at least 4 members (excludes halogenated alkanes) is 1. The van der Waals surface area contributed by atoms with E-state index >= 15 is 0 Å². The van der Waals surface area contributed by atoms with Gasteiger partial charge in [0.2, 0.25) is 0 Å². The predicted octanol–water partition coefficient (Wildman–Crippen LogP) is 3.16. The van der Waals surface area contributed by atoms with Gasteiger partial charge in [0.1, 0.15) is 6.04 Å². The van der Waals surface area contributed by atoms with Gasteiger partial charge in [-0.05, 0) is 30.4 Å². The van der Waals surface area contributed by atoms with Crippen molar-refractivity contribution in [2.24, 2.45) is 5.11 Å². The maximum atomic E-state index is 10.7. The number of hydrogen-bond acceptors (Lipinski definition) is 2. The molecule has 0 saturated heterocycles. The highest BCUT2D eigenvalue weighted by Gasteiger charge is 2.14. The van der Waals surface area contributed by atoms with Gasteiger partial charge >= 0.3 is 5.97 Å². The van der Waals surface area contributed by atoms with Crippen LogP contribution in [0.3, 0.4) is 0 Å². The smallest absolute Gasteiger partial charge is 0.312 e. The van der Waals surface area contributed by atoms with Crippen LogP contribution in [0, 0.1) is 0 Å². The molecule has 0 radical (unpaired) electrons. The van der Waals surface area contributed by atoms with Crippen LogP contribution in [0.15, 0.2) is 35.4 Å². The Hall–Kier alpha value is -2.00. The fourth-order valence-electron chi connectivity index (χ4n) is 1.60. The number of azide groups is 1. The lowest BCUT2D eigenvalue weighted by Crippen LogP contribution is -2.16. The Labute approximate surface area is 99.7 Å². The van der Waals surface area contributed by atoms with E-state index in [-0.39, 0.29) is 0 Å². The molecule has 1 rings (SSSR count). The zero-order valence-corrected chi connectivity index (χ0v) is 9.49. The third-order valence-electron chi connectivity index (χ3n) is 2.51. The average molecular weight is 233 g/mol. The summed E-state index contributed by atoms with van der Waals surface area (Å²) in [6, 6.07) is 9.08. The van der Waals surface area contributed by atoms with Crippen molar-refractivity contribution in [2.75, 3.05) is 0 Å². The minimum atomic E-state index is -1.05. The van der Waals surface area contributed by atoms with Gasteiger partial charge in [0, 0.05) is 4.91 Å². The number of aliphatic carboxylic acids is 1. The van der Waals surface area contributed by atoms with E-state index in [1.807, 2.05) is 30.3 Å². The van der Waals surface area contributed by atoms with Crippen molar-refractivity contribution >= 4 is 5.97 Å². The van der Waals surface area contributed by atoms with Crippen LogP contribution in [0.4, 0.5) is 0 Å². The van der Waals surface area contributed by atoms with Gasteiger partial charge in [-0.15, -0.1) is 0 Å². The molecular weight excluding hydrogens is 218 g/mol. The van der Waals surface area contributed by atoms with E-state index in [0.717, 1.165) is 19.3 Å². The number of nitrogens with zero attached hydrogens (tertiary/aromatic N) is 3. The monoisotopic (exact) mass is 233 g/mol. The number of carboxylic acid groups (broad SMARTS) is 1. The SMILES string of the molecule is [N-]=[N+]=NC(CCCCc1ccccc1)C(=O)O. The van der Waals surface area contributed by atoms with E-state index < -0.39 is 12.0 Å². The summed E-state index contributed by atoms with van der Waals surface area (Å²) in [5, 5.41) is 12.0. The fourth-order valence-corrected chi connectivity index (χ4v) is 1.60. The van der Waals surface area contributed by atoms with Gasteiger partial charge < -0.3 is 5.11 Å². The molecule has 0 saturated carbocycles. The fraction of sp³-hybridized carbons (Fsp3) is 0.417. The molecule has 0 bridgehead atoms. The molecule has 1 atom stereocenters. The Morgan fingerprint density at radius 3 is 2.65 bits per heavy atom. The zero-order chi connectivity index (χ0) is 12.5. The molecule has 17 heavy (non-hydrogen) atoms. The number of rotatable bonds is 7. The number of benzene rings is 1. The summed E-state index contributed by atoms with van der Waals surface area (Å²) in [5.41, 5.74) is 9.45. The van der Waals surface area contributed by atoms with Crippen LogP contribution in [0.1, 0.15) is 24.8 Å². The lowest BCUT2D eigenvalue weighted by Gasteiger charge is -2.05. The first kappa shape index (κ1) is 13.1. The van der Waals surface area contributed by atoms with E-state index in [1.165, 1.54) is 5.56 Å². The van der Waals surface area contributed by atoms with Crippen molar-refractivity contribution in [2.45, 2.75) is 31.7 Å². The van der Waals surface area contributed by atoms with E-state index in [0.29, 0.717) is 6.42 Å². The molecule has 0 aromatic heterocycles. The van der Waals surface area contributed by atoms with Crippen LogP contribution in [0.5, 0.6) is 0 Å². The van der Waals surface area contributed by atoms with E-state index in [9.17, 15) is 4.79 Å². The Morgan fingerprint density at radius 2 is 2.06 bits per heavy atom. The summed E-state index contributed by atoms with van der Waals surface area (Å²) in [7, 11) is 0. The van der Waals surface area contributed by atoms with Crippen LogP contribution in [-0.2, 0) is 11.2 Å². The molecule has 5 heteroatoms. The third kappa shape index (κ3) is 5.04. The first-order valence-corrected chi connectivity index (χ1v) is 5.55. The highest BCUT2D eigenvalue weighted by Crippen LogP contribution is 2.10. The predicted molar refractivity (Wildman–Crippen MR) is 64.6 cm³/mol. The molecule has 0 fully saturated rings. The van der Waals surface area contributed by atoms with Crippen molar-refractivity contribution in [3.63, 3.8) is 0 Å². The second-order valence-corrected chi connectivity index (χ2v) is 3.79. The summed E-state index contributed by atoms with van der Waals surface area (Å²) in [5.74, 6) is -1.05. The Morgan fingerprint density at radius 1 is 1.35 bits per heavy atom. The van der Waals surface area contributed by atoms with Gasteiger partial charge in [0.05, 0.1) is 0 Å². The van der Waals surface area contributed by atoms with Gasteiger partial charge in [0.15, 0.2) is 0 Å². The second-order valence-electron chi connectivity index (χ2n) is 3.79. The minimum Gasteiger partial charge on any atom is -0.481 e. The van der Waals surface area contributed by atoms with Gasteiger partial charge in [-0.2, -0.15) is 0 Å². The van der Waals surface area contributed by atoms with Crippen LogP contribution < -0.4 is 0 Å².